The third-order valence-corrected chi connectivity index (χ3v) is 3.59. The lowest BCUT2D eigenvalue weighted by Gasteiger charge is -2.14. The molecule has 6 heteroatoms. The number of esters is 1. The van der Waals surface area contributed by atoms with Crippen molar-refractivity contribution in [3.63, 3.8) is 0 Å². The Bertz CT molecular complexity index is 742. The van der Waals surface area contributed by atoms with Crippen molar-refractivity contribution in [3.8, 4) is 0 Å². The Balaban J connectivity index is 1.84. The fraction of sp³-hybridized carbons (Fsp3) is 0.211. The quantitative estimate of drug-likeness (QED) is 0.646. The number of aryl methyl sites for hydroxylation is 1. The molecule has 0 aromatic heterocycles. The van der Waals surface area contributed by atoms with E-state index >= 15 is 0 Å². The van der Waals surface area contributed by atoms with Gasteiger partial charge in [0.25, 0.3) is 11.8 Å². The fourth-order valence-electron chi connectivity index (χ4n) is 2.04. The first-order valence-electron chi connectivity index (χ1n) is 7.96. The molecule has 0 heterocycles. The van der Waals surface area contributed by atoms with Gasteiger partial charge < -0.3 is 4.74 Å². The minimum atomic E-state index is -1.05. The van der Waals surface area contributed by atoms with E-state index in [0.717, 1.165) is 12.0 Å². The number of hydrazine groups is 1. The Hall–Kier alpha value is -3.15. The monoisotopic (exact) mass is 340 g/mol. The maximum atomic E-state index is 12.0. The molecular weight excluding hydrogens is 320 g/mol. The number of ether oxygens (including phenoxy) is 1. The van der Waals surface area contributed by atoms with Crippen molar-refractivity contribution >= 4 is 17.8 Å². The molecule has 0 spiro atoms. The van der Waals surface area contributed by atoms with Gasteiger partial charge in [-0.25, -0.2) is 4.79 Å². The molecule has 0 aliphatic heterocycles. The van der Waals surface area contributed by atoms with E-state index in [1.165, 1.54) is 6.92 Å². The van der Waals surface area contributed by atoms with E-state index in [4.69, 9.17) is 4.74 Å². The summed E-state index contributed by atoms with van der Waals surface area (Å²) in [7, 11) is 0. The molecule has 6 nitrogen and oxygen atoms in total. The molecule has 0 aliphatic carbocycles. The van der Waals surface area contributed by atoms with Gasteiger partial charge in [-0.2, -0.15) is 0 Å². The van der Waals surface area contributed by atoms with Gasteiger partial charge in [0.15, 0.2) is 6.10 Å². The molecule has 2 N–H and O–H groups in total. The molecule has 0 bridgehead atoms. The molecule has 130 valence electrons. The number of hydrogen-bond acceptors (Lipinski definition) is 4. The van der Waals surface area contributed by atoms with Crippen LogP contribution in [-0.4, -0.2) is 23.9 Å². The summed E-state index contributed by atoms with van der Waals surface area (Å²) < 4.78 is 5.11. The van der Waals surface area contributed by atoms with Crippen molar-refractivity contribution in [3.05, 3.63) is 71.3 Å². The molecule has 1 atom stereocenters. The zero-order valence-corrected chi connectivity index (χ0v) is 14.1. The van der Waals surface area contributed by atoms with E-state index in [1.54, 1.807) is 42.5 Å². The third-order valence-electron chi connectivity index (χ3n) is 3.59. The van der Waals surface area contributed by atoms with Crippen molar-refractivity contribution in [1.82, 2.24) is 10.9 Å². The van der Waals surface area contributed by atoms with Gasteiger partial charge >= 0.3 is 5.97 Å². The molecule has 0 aliphatic rings. The zero-order valence-electron chi connectivity index (χ0n) is 14.1. The summed E-state index contributed by atoms with van der Waals surface area (Å²) in [6, 6.07) is 15.4. The molecule has 0 saturated carbocycles. The topological polar surface area (TPSA) is 84.5 Å². The number of rotatable bonds is 5. The highest BCUT2D eigenvalue weighted by Gasteiger charge is 2.19. The van der Waals surface area contributed by atoms with E-state index in [1.807, 2.05) is 19.1 Å². The molecule has 0 radical (unpaired) electrons. The van der Waals surface area contributed by atoms with Gasteiger partial charge in [0.1, 0.15) is 0 Å². The van der Waals surface area contributed by atoms with Gasteiger partial charge in [-0.05, 0) is 43.2 Å². The molecular formula is C19H20N2O4. The highest BCUT2D eigenvalue weighted by Crippen LogP contribution is 2.08. The van der Waals surface area contributed by atoms with Crippen LogP contribution in [0.25, 0.3) is 0 Å². The van der Waals surface area contributed by atoms with Crippen LogP contribution < -0.4 is 10.9 Å². The minimum absolute atomic E-state index is 0.366. The predicted molar refractivity (Wildman–Crippen MR) is 92.7 cm³/mol. The Morgan fingerprint density at radius 2 is 1.56 bits per heavy atom. The van der Waals surface area contributed by atoms with Crippen molar-refractivity contribution in [2.75, 3.05) is 0 Å². The summed E-state index contributed by atoms with van der Waals surface area (Å²) in [4.78, 5) is 35.8. The first kappa shape index (κ1) is 18.2. The van der Waals surface area contributed by atoms with Crippen LogP contribution in [-0.2, 0) is 16.0 Å². The second-order valence-corrected chi connectivity index (χ2v) is 5.41. The Morgan fingerprint density at radius 3 is 2.16 bits per heavy atom. The lowest BCUT2D eigenvalue weighted by Crippen LogP contribution is -2.46. The van der Waals surface area contributed by atoms with Crippen LogP contribution in [0.5, 0.6) is 0 Å². The molecule has 2 aromatic carbocycles. The molecule has 25 heavy (non-hydrogen) atoms. The highest BCUT2D eigenvalue weighted by molar-refractivity contribution is 5.96. The number of benzene rings is 2. The number of carbonyl (C=O) groups is 3. The smallest absolute Gasteiger partial charge is 0.338 e. The van der Waals surface area contributed by atoms with Crippen LogP contribution >= 0.6 is 0 Å². The summed E-state index contributed by atoms with van der Waals surface area (Å²) in [6.45, 7) is 3.45. The van der Waals surface area contributed by atoms with Gasteiger partial charge in [-0.15, -0.1) is 0 Å². The molecule has 2 aromatic rings. The average molecular weight is 340 g/mol. The van der Waals surface area contributed by atoms with E-state index in [-0.39, 0.29) is 0 Å². The second kappa shape index (κ2) is 8.63. The second-order valence-electron chi connectivity index (χ2n) is 5.41. The summed E-state index contributed by atoms with van der Waals surface area (Å²) in [5.74, 6) is -1.68. The van der Waals surface area contributed by atoms with E-state index in [0.29, 0.717) is 11.1 Å². The number of amides is 2. The first-order valence-corrected chi connectivity index (χ1v) is 7.96. The Kier molecular flexibility index (Phi) is 6.28. The van der Waals surface area contributed by atoms with Gasteiger partial charge in [-0.1, -0.05) is 37.3 Å². The van der Waals surface area contributed by atoms with Gasteiger partial charge in [0, 0.05) is 5.56 Å². The normalized spacial score (nSPS) is 11.3. The fourth-order valence-corrected chi connectivity index (χ4v) is 2.04. The zero-order chi connectivity index (χ0) is 18.2. The van der Waals surface area contributed by atoms with Gasteiger partial charge in [0.05, 0.1) is 5.56 Å². The molecule has 0 fully saturated rings. The number of hydrogen-bond donors (Lipinski definition) is 2. The standard InChI is InChI=1S/C19H20N2O4/c1-3-14-9-11-16(12-10-14)19(24)25-13(2)17(22)20-21-18(23)15-7-5-4-6-8-15/h4-13H,3H2,1-2H3,(H,20,22)(H,21,23)/t13-/m0/s1. The van der Waals surface area contributed by atoms with E-state index < -0.39 is 23.9 Å². The molecule has 2 amide bonds. The van der Waals surface area contributed by atoms with Crippen LogP contribution in [0.1, 0.15) is 40.1 Å². The Labute approximate surface area is 146 Å². The minimum Gasteiger partial charge on any atom is -0.449 e. The summed E-state index contributed by atoms with van der Waals surface area (Å²) >= 11 is 0. The van der Waals surface area contributed by atoms with Crippen molar-refractivity contribution in [2.45, 2.75) is 26.4 Å². The van der Waals surface area contributed by atoms with Crippen LogP contribution in [0, 0.1) is 0 Å². The van der Waals surface area contributed by atoms with Crippen LogP contribution in [0.15, 0.2) is 54.6 Å². The summed E-state index contributed by atoms with van der Waals surface area (Å²) in [5.41, 5.74) is 6.39. The van der Waals surface area contributed by atoms with Crippen molar-refractivity contribution in [1.29, 1.82) is 0 Å². The summed E-state index contributed by atoms with van der Waals surface area (Å²) in [6.07, 6.45) is -0.177. The third kappa shape index (κ3) is 5.17. The largest absolute Gasteiger partial charge is 0.449 e. The SMILES string of the molecule is CCc1ccc(C(=O)O[C@@H](C)C(=O)NNC(=O)c2ccccc2)cc1. The summed E-state index contributed by atoms with van der Waals surface area (Å²) in [5, 5.41) is 0. The van der Waals surface area contributed by atoms with E-state index in [9.17, 15) is 14.4 Å². The van der Waals surface area contributed by atoms with Gasteiger partial charge in [-0.3, -0.25) is 20.4 Å². The molecule has 0 saturated heterocycles. The maximum Gasteiger partial charge on any atom is 0.338 e. The van der Waals surface area contributed by atoms with Gasteiger partial charge in [0.2, 0.25) is 0 Å². The Morgan fingerprint density at radius 1 is 0.920 bits per heavy atom. The number of nitrogens with one attached hydrogen (secondary N) is 2. The van der Waals surface area contributed by atoms with E-state index in [2.05, 4.69) is 10.9 Å². The predicted octanol–water partition coefficient (Wildman–Crippen LogP) is 2.26. The molecule has 0 unspecified atom stereocenters. The lowest BCUT2D eigenvalue weighted by atomic mass is 10.1. The lowest BCUT2D eigenvalue weighted by molar-refractivity contribution is -0.129. The first-order chi connectivity index (χ1) is 12.0. The van der Waals surface area contributed by atoms with Crippen LogP contribution in [0.4, 0.5) is 0 Å². The van der Waals surface area contributed by atoms with Crippen molar-refractivity contribution < 1.29 is 19.1 Å². The van der Waals surface area contributed by atoms with Crippen molar-refractivity contribution in [2.24, 2.45) is 0 Å². The van der Waals surface area contributed by atoms with Crippen LogP contribution in [0.2, 0.25) is 0 Å². The average Bonchev–Trinajstić information content (AvgIpc) is 2.66. The number of carbonyl (C=O) groups excluding carboxylic acids is 3. The van der Waals surface area contributed by atoms with Crippen LogP contribution in [0.3, 0.4) is 0 Å². The molecule has 2 rings (SSSR count). The maximum absolute atomic E-state index is 12.0. The highest BCUT2D eigenvalue weighted by atomic mass is 16.5.